The van der Waals surface area contributed by atoms with Crippen LogP contribution in [0, 0.1) is 17.0 Å². The second-order valence-electron chi connectivity index (χ2n) is 3.23. The topological polar surface area (TPSA) is 120 Å². The fraction of sp³-hybridized carbons (Fsp3) is 0.333. The van der Waals surface area contributed by atoms with Crippen LogP contribution in [-0.4, -0.2) is 29.2 Å². The maximum absolute atomic E-state index is 10.7. The van der Waals surface area contributed by atoms with Gasteiger partial charge in [0, 0.05) is 12.3 Å². The van der Waals surface area contributed by atoms with Crippen molar-refractivity contribution in [1.29, 1.82) is 0 Å². The first-order valence-electron chi connectivity index (χ1n) is 4.78. The Hall–Kier alpha value is -2.38. The SMILES string of the molecule is Cc1cnc(NCCOC(N)=O)c([N+](=O)[O-])c1. The monoisotopic (exact) mass is 240 g/mol. The molecule has 0 atom stereocenters. The fourth-order valence-electron chi connectivity index (χ4n) is 1.15. The number of carbonyl (C=O) groups is 1. The zero-order valence-electron chi connectivity index (χ0n) is 9.17. The van der Waals surface area contributed by atoms with Crippen molar-refractivity contribution in [1.82, 2.24) is 4.98 Å². The van der Waals surface area contributed by atoms with Crippen LogP contribution in [0.3, 0.4) is 0 Å². The van der Waals surface area contributed by atoms with Gasteiger partial charge in [-0.1, -0.05) is 0 Å². The highest BCUT2D eigenvalue weighted by molar-refractivity contribution is 5.64. The van der Waals surface area contributed by atoms with Crippen LogP contribution in [0.4, 0.5) is 16.3 Å². The molecule has 8 nitrogen and oxygen atoms in total. The number of amides is 1. The van der Waals surface area contributed by atoms with Crippen LogP contribution in [0.25, 0.3) is 0 Å². The van der Waals surface area contributed by atoms with Crippen LogP contribution >= 0.6 is 0 Å². The van der Waals surface area contributed by atoms with Crippen LogP contribution in [0.15, 0.2) is 12.3 Å². The molecule has 0 unspecified atom stereocenters. The summed E-state index contributed by atoms with van der Waals surface area (Å²) in [7, 11) is 0. The number of ether oxygens (including phenoxy) is 1. The van der Waals surface area contributed by atoms with Gasteiger partial charge in [0.25, 0.3) is 0 Å². The summed E-state index contributed by atoms with van der Waals surface area (Å²) in [6.07, 6.45) is 0.614. The van der Waals surface area contributed by atoms with Gasteiger partial charge in [-0.3, -0.25) is 10.1 Å². The number of nitro groups is 1. The Morgan fingerprint density at radius 2 is 2.41 bits per heavy atom. The first kappa shape index (κ1) is 12.7. The van der Waals surface area contributed by atoms with E-state index in [0.717, 1.165) is 0 Å². The molecule has 0 aliphatic heterocycles. The van der Waals surface area contributed by atoms with E-state index in [4.69, 9.17) is 5.73 Å². The van der Waals surface area contributed by atoms with Gasteiger partial charge in [-0.2, -0.15) is 0 Å². The molecule has 0 aliphatic rings. The molecule has 0 fully saturated rings. The standard InChI is InChI=1S/C9H12N4O4/c1-6-4-7(13(15)16)8(12-5-6)11-2-3-17-9(10)14/h4-5H,2-3H2,1H3,(H2,10,14)(H,11,12). The number of pyridine rings is 1. The van der Waals surface area contributed by atoms with Crippen molar-refractivity contribution in [2.24, 2.45) is 5.73 Å². The summed E-state index contributed by atoms with van der Waals surface area (Å²) in [6.45, 7) is 1.92. The van der Waals surface area contributed by atoms with E-state index < -0.39 is 11.0 Å². The summed E-state index contributed by atoms with van der Waals surface area (Å²) in [4.78, 5) is 24.4. The lowest BCUT2D eigenvalue weighted by atomic mass is 10.3. The molecule has 1 heterocycles. The highest BCUT2D eigenvalue weighted by Gasteiger charge is 2.14. The van der Waals surface area contributed by atoms with E-state index in [0.29, 0.717) is 5.56 Å². The molecular weight excluding hydrogens is 228 g/mol. The number of aryl methyl sites for hydroxylation is 1. The van der Waals surface area contributed by atoms with Gasteiger partial charge in [-0.05, 0) is 12.5 Å². The Morgan fingerprint density at radius 1 is 1.71 bits per heavy atom. The number of primary amides is 1. The lowest BCUT2D eigenvalue weighted by molar-refractivity contribution is -0.384. The van der Waals surface area contributed by atoms with E-state index in [-0.39, 0.29) is 24.7 Å². The first-order valence-corrected chi connectivity index (χ1v) is 4.78. The van der Waals surface area contributed by atoms with Crippen LogP contribution < -0.4 is 11.1 Å². The van der Waals surface area contributed by atoms with Crippen molar-refractivity contribution in [3.05, 3.63) is 27.9 Å². The largest absolute Gasteiger partial charge is 0.448 e. The summed E-state index contributed by atoms with van der Waals surface area (Å²) < 4.78 is 4.47. The Balaban J connectivity index is 2.64. The summed E-state index contributed by atoms with van der Waals surface area (Å²) in [6, 6.07) is 1.41. The smallest absolute Gasteiger partial charge is 0.404 e. The van der Waals surface area contributed by atoms with Gasteiger partial charge in [-0.25, -0.2) is 9.78 Å². The molecule has 0 radical (unpaired) electrons. The molecule has 1 aromatic heterocycles. The molecule has 3 N–H and O–H groups in total. The maximum atomic E-state index is 10.7. The van der Waals surface area contributed by atoms with E-state index >= 15 is 0 Å². The van der Waals surface area contributed by atoms with Crippen LogP contribution in [-0.2, 0) is 4.74 Å². The number of nitrogens with one attached hydrogen (secondary N) is 1. The molecule has 92 valence electrons. The zero-order chi connectivity index (χ0) is 12.8. The molecule has 1 amide bonds. The molecule has 0 saturated heterocycles. The van der Waals surface area contributed by atoms with Crippen molar-refractivity contribution in [3.63, 3.8) is 0 Å². The number of hydrogen-bond acceptors (Lipinski definition) is 6. The normalized spacial score (nSPS) is 9.71. The minimum absolute atomic E-state index is 0.0159. The molecule has 0 saturated carbocycles. The summed E-state index contributed by atoms with van der Waals surface area (Å²) in [5, 5.41) is 13.4. The predicted octanol–water partition coefficient (Wildman–Crippen LogP) is 0.805. The van der Waals surface area contributed by atoms with E-state index in [1.807, 2.05) is 0 Å². The third kappa shape index (κ3) is 3.93. The highest BCUT2D eigenvalue weighted by atomic mass is 16.6. The number of aromatic nitrogens is 1. The van der Waals surface area contributed by atoms with Gasteiger partial charge in [-0.15, -0.1) is 0 Å². The van der Waals surface area contributed by atoms with Gasteiger partial charge in [0.2, 0.25) is 5.82 Å². The van der Waals surface area contributed by atoms with Gasteiger partial charge >= 0.3 is 11.8 Å². The minimum atomic E-state index is -0.891. The third-order valence-electron chi connectivity index (χ3n) is 1.84. The van der Waals surface area contributed by atoms with Crippen LogP contribution in [0.1, 0.15) is 5.56 Å². The summed E-state index contributed by atoms with van der Waals surface area (Å²) in [5.41, 5.74) is 5.33. The summed E-state index contributed by atoms with van der Waals surface area (Å²) in [5.74, 6) is 0.133. The lowest BCUT2D eigenvalue weighted by Crippen LogP contribution is -2.19. The lowest BCUT2D eigenvalue weighted by Gasteiger charge is -2.06. The van der Waals surface area contributed by atoms with Crippen molar-refractivity contribution in [3.8, 4) is 0 Å². The number of hydrogen-bond donors (Lipinski definition) is 2. The predicted molar refractivity (Wildman–Crippen MR) is 59.7 cm³/mol. The number of nitrogens with two attached hydrogens (primary N) is 1. The van der Waals surface area contributed by atoms with Crippen LogP contribution in [0.5, 0.6) is 0 Å². The second-order valence-corrected chi connectivity index (χ2v) is 3.23. The van der Waals surface area contributed by atoms with E-state index in [2.05, 4.69) is 15.0 Å². The third-order valence-corrected chi connectivity index (χ3v) is 1.84. The first-order chi connectivity index (χ1) is 8.00. The number of carbonyl (C=O) groups excluding carboxylic acids is 1. The fourth-order valence-corrected chi connectivity index (χ4v) is 1.15. The van der Waals surface area contributed by atoms with E-state index in [1.54, 1.807) is 6.92 Å². The molecule has 1 aromatic rings. The van der Waals surface area contributed by atoms with Crippen LogP contribution in [0.2, 0.25) is 0 Å². The van der Waals surface area contributed by atoms with Gasteiger partial charge in [0.1, 0.15) is 6.61 Å². The summed E-state index contributed by atoms with van der Waals surface area (Å²) >= 11 is 0. The molecule has 1 rings (SSSR count). The molecule has 0 aliphatic carbocycles. The van der Waals surface area contributed by atoms with Gasteiger partial charge in [0.05, 0.1) is 11.5 Å². The molecule has 0 aromatic carbocycles. The molecule has 0 spiro atoms. The van der Waals surface area contributed by atoms with Crippen molar-refractivity contribution >= 4 is 17.6 Å². The van der Waals surface area contributed by atoms with Gasteiger partial charge < -0.3 is 15.8 Å². The number of anilines is 1. The van der Waals surface area contributed by atoms with E-state index in [1.165, 1.54) is 12.3 Å². The molecular formula is C9H12N4O4. The Bertz CT molecular complexity index is 435. The van der Waals surface area contributed by atoms with Crippen molar-refractivity contribution in [2.75, 3.05) is 18.5 Å². The van der Waals surface area contributed by atoms with Crippen molar-refractivity contribution in [2.45, 2.75) is 6.92 Å². The Morgan fingerprint density at radius 3 is 3.00 bits per heavy atom. The quantitative estimate of drug-likeness (QED) is 0.446. The maximum Gasteiger partial charge on any atom is 0.404 e. The molecule has 8 heteroatoms. The Labute approximate surface area is 96.9 Å². The number of rotatable bonds is 5. The minimum Gasteiger partial charge on any atom is -0.448 e. The van der Waals surface area contributed by atoms with E-state index in [9.17, 15) is 14.9 Å². The highest BCUT2D eigenvalue weighted by Crippen LogP contribution is 2.21. The second kappa shape index (κ2) is 5.64. The number of nitrogens with zero attached hydrogens (tertiary/aromatic N) is 2. The Kier molecular flexibility index (Phi) is 4.21. The zero-order valence-corrected chi connectivity index (χ0v) is 9.17. The molecule has 17 heavy (non-hydrogen) atoms. The van der Waals surface area contributed by atoms with Gasteiger partial charge in [0.15, 0.2) is 0 Å². The molecule has 0 bridgehead atoms. The average molecular weight is 240 g/mol. The average Bonchev–Trinajstić information content (AvgIpc) is 2.25. The van der Waals surface area contributed by atoms with Crippen molar-refractivity contribution < 1.29 is 14.5 Å².